The molecule has 0 saturated carbocycles. The van der Waals surface area contributed by atoms with Gasteiger partial charge in [0.1, 0.15) is 11.5 Å². The van der Waals surface area contributed by atoms with Gasteiger partial charge < -0.3 is 14.8 Å². The summed E-state index contributed by atoms with van der Waals surface area (Å²) in [7, 11) is 3.32. The molecule has 0 aliphatic rings. The number of nitrogens with one attached hydrogen (secondary N) is 1. The molecule has 5 nitrogen and oxygen atoms in total. The Kier molecular flexibility index (Phi) is 5.01. The first-order valence-electron chi connectivity index (χ1n) is 6.63. The fraction of sp³-hybridized carbons (Fsp3) is 0.400. The van der Waals surface area contributed by atoms with Crippen LogP contribution in [0.3, 0.4) is 0 Å². The van der Waals surface area contributed by atoms with Crippen LogP contribution in [0.25, 0.3) is 0 Å². The van der Waals surface area contributed by atoms with Crippen LogP contribution in [-0.2, 0) is 13.1 Å². The monoisotopic (exact) mass is 275 g/mol. The van der Waals surface area contributed by atoms with E-state index in [1.165, 1.54) is 5.56 Å². The van der Waals surface area contributed by atoms with Crippen molar-refractivity contribution in [3.8, 4) is 11.5 Å². The maximum absolute atomic E-state index is 5.25. The molecule has 0 atom stereocenters. The molecule has 5 heteroatoms. The van der Waals surface area contributed by atoms with E-state index in [4.69, 9.17) is 9.47 Å². The zero-order chi connectivity index (χ0) is 14.4. The highest BCUT2D eigenvalue weighted by atomic mass is 16.5. The van der Waals surface area contributed by atoms with Gasteiger partial charge in [0.15, 0.2) is 0 Å². The zero-order valence-electron chi connectivity index (χ0n) is 12.2. The van der Waals surface area contributed by atoms with Crippen LogP contribution in [0, 0.1) is 6.92 Å². The second-order valence-corrected chi connectivity index (χ2v) is 4.68. The van der Waals surface area contributed by atoms with Crippen LogP contribution in [0.5, 0.6) is 11.5 Å². The van der Waals surface area contributed by atoms with Gasteiger partial charge in [-0.15, -0.1) is 0 Å². The molecule has 0 radical (unpaired) electrons. The summed E-state index contributed by atoms with van der Waals surface area (Å²) >= 11 is 0. The number of aromatic nitrogens is 2. The molecule has 0 aliphatic heterocycles. The van der Waals surface area contributed by atoms with E-state index in [-0.39, 0.29) is 0 Å². The first-order chi connectivity index (χ1) is 9.71. The van der Waals surface area contributed by atoms with Crippen molar-refractivity contribution < 1.29 is 9.47 Å². The first kappa shape index (κ1) is 14.4. The van der Waals surface area contributed by atoms with Crippen molar-refractivity contribution in [2.75, 3.05) is 20.8 Å². The maximum atomic E-state index is 5.25. The van der Waals surface area contributed by atoms with E-state index in [1.807, 2.05) is 42.2 Å². The lowest BCUT2D eigenvalue weighted by atomic mass is 10.2. The lowest BCUT2D eigenvalue weighted by Gasteiger charge is -2.09. The Hall–Kier alpha value is -2.01. The van der Waals surface area contributed by atoms with Gasteiger partial charge in [-0.1, -0.05) is 0 Å². The molecule has 0 aliphatic carbocycles. The smallest absolute Gasteiger partial charge is 0.122 e. The lowest BCUT2D eigenvalue weighted by Crippen LogP contribution is -2.19. The Morgan fingerprint density at radius 3 is 2.40 bits per heavy atom. The summed E-state index contributed by atoms with van der Waals surface area (Å²) in [5, 5.41) is 7.64. The summed E-state index contributed by atoms with van der Waals surface area (Å²) in [6.45, 7) is 4.53. The van der Waals surface area contributed by atoms with E-state index < -0.39 is 0 Å². The molecule has 0 amide bonds. The minimum atomic E-state index is 0.772. The van der Waals surface area contributed by atoms with Crippen molar-refractivity contribution in [3.63, 3.8) is 0 Å². The minimum absolute atomic E-state index is 0.772. The molecule has 0 saturated heterocycles. The molecule has 1 heterocycles. The normalized spacial score (nSPS) is 10.6. The van der Waals surface area contributed by atoms with E-state index in [2.05, 4.69) is 10.4 Å². The number of nitrogens with zero attached hydrogens (tertiary/aromatic N) is 2. The Morgan fingerprint density at radius 2 is 1.85 bits per heavy atom. The quantitative estimate of drug-likeness (QED) is 0.785. The molecule has 1 N–H and O–H groups in total. The summed E-state index contributed by atoms with van der Waals surface area (Å²) in [4.78, 5) is 0. The topological polar surface area (TPSA) is 48.3 Å². The van der Waals surface area contributed by atoms with E-state index in [9.17, 15) is 0 Å². The van der Waals surface area contributed by atoms with Gasteiger partial charge in [0.05, 0.1) is 27.0 Å². The third-order valence-corrected chi connectivity index (χ3v) is 3.02. The predicted octanol–water partition coefficient (Wildman–Crippen LogP) is 2.00. The minimum Gasteiger partial charge on any atom is -0.497 e. The highest BCUT2D eigenvalue weighted by molar-refractivity contribution is 5.38. The van der Waals surface area contributed by atoms with Gasteiger partial charge in [0.2, 0.25) is 0 Å². The van der Waals surface area contributed by atoms with Crippen molar-refractivity contribution in [1.29, 1.82) is 0 Å². The Morgan fingerprint density at radius 1 is 1.15 bits per heavy atom. The molecule has 2 rings (SSSR count). The zero-order valence-corrected chi connectivity index (χ0v) is 12.2. The summed E-state index contributed by atoms with van der Waals surface area (Å²) in [5.41, 5.74) is 2.32. The van der Waals surface area contributed by atoms with Crippen molar-refractivity contribution in [2.24, 2.45) is 0 Å². The lowest BCUT2D eigenvalue weighted by molar-refractivity contribution is 0.393. The highest BCUT2D eigenvalue weighted by Crippen LogP contribution is 2.22. The highest BCUT2D eigenvalue weighted by Gasteiger charge is 2.01. The molecule has 1 aromatic heterocycles. The molecule has 0 fully saturated rings. The van der Waals surface area contributed by atoms with Gasteiger partial charge in [-0.2, -0.15) is 5.10 Å². The molecular weight excluding hydrogens is 254 g/mol. The Labute approximate surface area is 119 Å². The van der Waals surface area contributed by atoms with Gasteiger partial charge in [0, 0.05) is 25.4 Å². The van der Waals surface area contributed by atoms with Crippen LogP contribution in [0.2, 0.25) is 0 Å². The molecule has 0 spiro atoms. The average molecular weight is 275 g/mol. The van der Waals surface area contributed by atoms with Crippen molar-refractivity contribution in [3.05, 3.63) is 41.7 Å². The van der Waals surface area contributed by atoms with Gasteiger partial charge in [0.25, 0.3) is 0 Å². The summed E-state index contributed by atoms with van der Waals surface area (Å²) in [5.74, 6) is 1.62. The number of aryl methyl sites for hydroxylation is 1. The third-order valence-electron chi connectivity index (χ3n) is 3.02. The van der Waals surface area contributed by atoms with Gasteiger partial charge in [-0.3, -0.25) is 4.68 Å². The number of hydrogen-bond donors (Lipinski definition) is 1. The van der Waals surface area contributed by atoms with Crippen LogP contribution >= 0.6 is 0 Å². The molecule has 20 heavy (non-hydrogen) atoms. The molecule has 0 bridgehead atoms. The third kappa shape index (κ3) is 3.99. The summed E-state index contributed by atoms with van der Waals surface area (Å²) in [6, 6.07) is 5.89. The summed E-state index contributed by atoms with van der Waals surface area (Å²) in [6.07, 6.45) is 3.91. The molecule has 2 aromatic rings. The van der Waals surface area contributed by atoms with Crippen LogP contribution < -0.4 is 14.8 Å². The van der Waals surface area contributed by atoms with Crippen LogP contribution in [0.15, 0.2) is 30.6 Å². The van der Waals surface area contributed by atoms with Gasteiger partial charge >= 0.3 is 0 Å². The molecule has 0 unspecified atom stereocenters. The Bertz CT molecular complexity index is 530. The van der Waals surface area contributed by atoms with Crippen molar-refractivity contribution >= 4 is 0 Å². The van der Waals surface area contributed by atoms with Crippen LogP contribution in [0.1, 0.15) is 11.1 Å². The van der Waals surface area contributed by atoms with Crippen LogP contribution in [-0.4, -0.2) is 30.5 Å². The second-order valence-electron chi connectivity index (χ2n) is 4.68. The molecular formula is C15H21N3O2. The number of benzene rings is 1. The van der Waals surface area contributed by atoms with E-state index in [0.717, 1.165) is 36.7 Å². The van der Waals surface area contributed by atoms with Crippen molar-refractivity contribution in [1.82, 2.24) is 15.1 Å². The van der Waals surface area contributed by atoms with Gasteiger partial charge in [-0.25, -0.2) is 0 Å². The standard InChI is InChI=1S/C15H21N3O2/c1-12-9-17-18(11-12)5-4-16-10-13-6-14(19-2)8-15(7-13)20-3/h6-9,11,16H,4-5,10H2,1-3H3. The van der Waals surface area contributed by atoms with Crippen molar-refractivity contribution in [2.45, 2.75) is 20.0 Å². The average Bonchev–Trinajstić information content (AvgIpc) is 2.88. The first-order valence-corrected chi connectivity index (χ1v) is 6.63. The second kappa shape index (κ2) is 6.96. The number of methoxy groups -OCH3 is 2. The molecule has 1 aromatic carbocycles. The predicted molar refractivity (Wildman–Crippen MR) is 78.2 cm³/mol. The number of rotatable bonds is 7. The molecule has 108 valence electrons. The Balaban J connectivity index is 1.84. The SMILES string of the molecule is COc1cc(CNCCn2cc(C)cn2)cc(OC)c1. The van der Waals surface area contributed by atoms with E-state index in [0.29, 0.717) is 0 Å². The fourth-order valence-corrected chi connectivity index (χ4v) is 1.98. The van der Waals surface area contributed by atoms with E-state index in [1.54, 1.807) is 14.2 Å². The maximum Gasteiger partial charge on any atom is 0.122 e. The largest absolute Gasteiger partial charge is 0.497 e. The number of hydrogen-bond acceptors (Lipinski definition) is 4. The van der Waals surface area contributed by atoms with Gasteiger partial charge in [-0.05, 0) is 30.2 Å². The van der Waals surface area contributed by atoms with E-state index >= 15 is 0 Å². The van der Waals surface area contributed by atoms with Crippen LogP contribution in [0.4, 0.5) is 0 Å². The summed E-state index contributed by atoms with van der Waals surface area (Å²) < 4.78 is 12.4. The number of ether oxygens (including phenoxy) is 2. The fourth-order valence-electron chi connectivity index (χ4n) is 1.98.